The summed E-state index contributed by atoms with van der Waals surface area (Å²) in [6.07, 6.45) is 0. The van der Waals surface area contributed by atoms with Gasteiger partial charge in [-0.2, -0.15) is 11.8 Å². The van der Waals surface area contributed by atoms with Crippen molar-refractivity contribution in [2.75, 3.05) is 29.5 Å². The van der Waals surface area contributed by atoms with E-state index in [4.69, 9.17) is 5.73 Å². The van der Waals surface area contributed by atoms with E-state index >= 15 is 0 Å². The number of nitro benzene ring substituents is 1. The molecule has 0 aromatic heterocycles. The first-order valence-corrected chi connectivity index (χ1v) is 6.66. The first-order chi connectivity index (χ1) is 8.59. The number of carbonyl (C=O) groups excluding carboxylic acids is 1. The number of anilines is 1. The molecule has 1 aromatic carbocycles. The van der Waals surface area contributed by atoms with Gasteiger partial charge in [-0.1, -0.05) is 0 Å². The maximum Gasteiger partial charge on any atom is 0.282 e. The van der Waals surface area contributed by atoms with Gasteiger partial charge in [0.15, 0.2) is 0 Å². The van der Waals surface area contributed by atoms with Crippen molar-refractivity contribution in [1.29, 1.82) is 0 Å². The summed E-state index contributed by atoms with van der Waals surface area (Å²) in [6.45, 7) is 1.75. The average Bonchev–Trinajstić information content (AvgIpc) is 2.39. The number of nitro groups is 1. The van der Waals surface area contributed by atoms with Crippen LogP contribution in [0.4, 0.5) is 11.4 Å². The number of hydrogen-bond donors (Lipinski definition) is 1. The van der Waals surface area contributed by atoms with Crippen LogP contribution in [-0.2, 0) is 0 Å². The Bertz CT molecular complexity index is 486. The third kappa shape index (κ3) is 2.56. The molecule has 1 aliphatic heterocycles. The number of hydrogen-bond acceptors (Lipinski definition) is 5. The molecular weight excluding hydrogens is 254 g/mol. The van der Waals surface area contributed by atoms with Crippen molar-refractivity contribution in [2.24, 2.45) is 5.73 Å². The molecule has 1 aliphatic rings. The SMILES string of the molecule is NC(=O)c1cc(N2CCSCC2)ccc1[N+](=O)[O-]. The average molecular weight is 267 g/mol. The molecule has 18 heavy (non-hydrogen) atoms. The summed E-state index contributed by atoms with van der Waals surface area (Å²) in [5.74, 6) is 1.26. The lowest BCUT2D eigenvalue weighted by Crippen LogP contribution is -2.32. The molecule has 96 valence electrons. The molecule has 7 heteroatoms. The summed E-state index contributed by atoms with van der Waals surface area (Å²) in [7, 11) is 0. The van der Waals surface area contributed by atoms with Crippen LogP contribution < -0.4 is 10.6 Å². The Hall–Kier alpha value is -1.76. The van der Waals surface area contributed by atoms with Gasteiger partial charge in [0.05, 0.1) is 4.92 Å². The first-order valence-electron chi connectivity index (χ1n) is 5.50. The number of amides is 1. The van der Waals surface area contributed by atoms with E-state index < -0.39 is 10.8 Å². The molecule has 1 saturated heterocycles. The van der Waals surface area contributed by atoms with Crippen LogP contribution in [0.1, 0.15) is 10.4 Å². The van der Waals surface area contributed by atoms with Crippen molar-refractivity contribution < 1.29 is 9.72 Å². The number of thioether (sulfide) groups is 1. The molecule has 2 N–H and O–H groups in total. The summed E-state index contributed by atoms with van der Waals surface area (Å²) >= 11 is 1.87. The molecule has 1 amide bonds. The fraction of sp³-hybridized carbons (Fsp3) is 0.364. The third-order valence-corrected chi connectivity index (χ3v) is 3.76. The van der Waals surface area contributed by atoms with Gasteiger partial charge >= 0.3 is 0 Å². The second-order valence-corrected chi connectivity index (χ2v) is 5.15. The summed E-state index contributed by atoms with van der Waals surface area (Å²) in [4.78, 5) is 23.6. The highest BCUT2D eigenvalue weighted by Gasteiger charge is 2.20. The van der Waals surface area contributed by atoms with Crippen LogP contribution in [0.5, 0.6) is 0 Å². The summed E-state index contributed by atoms with van der Waals surface area (Å²) in [6, 6.07) is 4.52. The molecular formula is C11H13N3O3S. The fourth-order valence-electron chi connectivity index (χ4n) is 1.90. The summed E-state index contributed by atoms with van der Waals surface area (Å²) < 4.78 is 0. The van der Waals surface area contributed by atoms with Gasteiger partial charge in [-0.15, -0.1) is 0 Å². The van der Waals surface area contributed by atoms with Gasteiger partial charge in [0, 0.05) is 36.3 Å². The third-order valence-electron chi connectivity index (χ3n) is 2.82. The van der Waals surface area contributed by atoms with E-state index in [9.17, 15) is 14.9 Å². The van der Waals surface area contributed by atoms with Crippen LogP contribution >= 0.6 is 11.8 Å². The van der Waals surface area contributed by atoms with Gasteiger partial charge in [0.2, 0.25) is 0 Å². The number of primary amides is 1. The van der Waals surface area contributed by atoms with Crippen LogP contribution in [0, 0.1) is 10.1 Å². The van der Waals surface area contributed by atoms with E-state index in [0.717, 1.165) is 30.3 Å². The fourth-order valence-corrected chi connectivity index (χ4v) is 2.80. The van der Waals surface area contributed by atoms with E-state index in [1.807, 2.05) is 11.8 Å². The van der Waals surface area contributed by atoms with Crippen molar-refractivity contribution in [3.05, 3.63) is 33.9 Å². The normalized spacial score (nSPS) is 15.4. The summed E-state index contributed by atoms with van der Waals surface area (Å²) in [5, 5.41) is 10.8. The molecule has 0 saturated carbocycles. The molecule has 0 spiro atoms. The minimum atomic E-state index is -0.769. The van der Waals surface area contributed by atoms with E-state index in [1.54, 1.807) is 6.07 Å². The molecule has 0 bridgehead atoms. The molecule has 0 aliphatic carbocycles. The van der Waals surface area contributed by atoms with Gasteiger partial charge in [-0.3, -0.25) is 14.9 Å². The van der Waals surface area contributed by atoms with E-state index in [0.29, 0.717) is 0 Å². The Balaban J connectivity index is 2.36. The highest BCUT2D eigenvalue weighted by molar-refractivity contribution is 7.99. The molecule has 1 fully saturated rings. The highest BCUT2D eigenvalue weighted by atomic mass is 32.2. The lowest BCUT2D eigenvalue weighted by Gasteiger charge is -2.28. The van der Waals surface area contributed by atoms with Crippen molar-refractivity contribution >= 4 is 29.0 Å². The van der Waals surface area contributed by atoms with Gasteiger partial charge in [-0.25, -0.2) is 0 Å². The zero-order valence-corrected chi connectivity index (χ0v) is 10.5. The zero-order valence-electron chi connectivity index (χ0n) is 9.67. The van der Waals surface area contributed by atoms with Gasteiger partial charge in [0.1, 0.15) is 5.56 Å². The Labute approximate surface area is 108 Å². The van der Waals surface area contributed by atoms with E-state index in [-0.39, 0.29) is 11.3 Å². The second kappa shape index (κ2) is 5.26. The first kappa shape index (κ1) is 12.7. The summed E-state index contributed by atoms with van der Waals surface area (Å²) in [5.41, 5.74) is 5.73. The maximum atomic E-state index is 11.3. The van der Waals surface area contributed by atoms with Crippen LogP contribution in [-0.4, -0.2) is 35.4 Å². The molecule has 0 atom stereocenters. The Morgan fingerprint density at radius 2 is 2.06 bits per heavy atom. The number of nitrogens with two attached hydrogens (primary N) is 1. The second-order valence-electron chi connectivity index (χ2n) is 3.92. The highest BCUT2D eigenvalue weighted by Crippen LogP contribution is 2.26. The van der Waals surface area contributed by atoms with Gasteiger partial charge in [0.25, 0.3) is 11.6 Å². The van der Waals surface area contributed by atoms with Crippen LogP contribution in [0.25, 0.3) is 0 Å². The molecule has 0 radical (unpaired) electrons. The molecule has 1 aromatic rings. The topological polar surface area (TPSA) is 89.5 Å². The van der Waals surface area contributed by atoms with Crippen molar-refractivity contribution in [3.63, 3.8) is 0 Å². The largest absolute Gasteiger partial charge is 0.370 e. The number of rotatable bonds is 3. The van der Waals surface area contributed by atoms with E-state index in [2.05, 4.69) is 4.90 Å². The number of nitrogens with zero attached hydrogens (tertiary/aromatic N) is 2. The van der Waals surface area contributed by atoms with Gasteiger partial charge in [-0.05, 0) is 12.1 Å². The lowest BCUT2D eigenvalue weighted by molar-refractivity contribution is -0.385. The molecule has 1 heterocycles. The monoisotopic (exact) mass is 267 g/mol. The molecule has 6 nitrogen and oxygen atoms in total. The minimum Gasteiger partial charge on any atom is -0.370 e. The predicted molar refractivity (Wildman–Crippen MR) is 71.2 cm³/mol. The van der Waals surface area contributed by atoms with Crippen molar-refractivity contribution in [3.8, 4) is 0 Å². The Morgan fingerprint density at radius 1 is 1.39 bits per heavy atom. The standard InChI is InChI=1S/C11H13N3O3S/c12-11(15)9-7-8(1-2-10(9)14(16)17)13-3-5-18-6-4-13/h1-2,7H,3-6H2,(H2,12,15). The van der Waals surface area contributed by atoms with Gasteiger partial charge < -0.3 is 10.6 Å². The molecule has 2 rings (SSSR count). The number of benzene rings is 1. The minimum absolute atomic E-state index is 0.0317. The smallest absolute Gasteiger partial charge is 0.282 e. The number of carbonyl (C=O) groups is 1. The van der Waals surface area contributed by atoms with Crippen molar-refractivity contribution in [1.82, 2.24) is 0 Å². The quantitative estimate of drug-likeness (QED) is 0.657. The Morgan fingerprint density at radius 3 is 2.61 bits per heavy atom. The Kier molecular flexibility index (Phi) is 3.71. The molecule has 0 unspecified atom stereocenters. The lowest BCUT2D eigenvalue weighted by atomic mass is 10.1. The van der Waals surface area contributed by atoms with Crippen LogP contribution in [0.2, 0.25) is 0 Å². The van der Waals surface area contributed by atoms with E-state index in [1.165, 1.54) is 12.1 Å². The maximum absolute atomic E-state index is 11.3. The zero-order chi connectivity index (χ0) is 13.1. The predicted octanol–water partition coefficient (Wildman–Crippen LogP) is 1.25. The van der Waals surface area contributed by atoms with Crippen LogP contribution in [0.3, 0.4) is 0 Å². The van der Waals surface area contributed by atoms with Crippen LogP contribution in [0.15, 0.2) is 18.2 Å². The van der Waals surface area contributed by atoms with Crippen molar-refractivity contribution in [2.45, 2.75) is 0 Å².